The third kappa shape index (κ3) is 4.99. The Kier molecular flexibility index (Phi) is 4.60. The van der Waals surface area contributed by atoms with Crippen molar-refractivity contribution >= 4 is 5.91 Å². The first kappa shape index (κ1) is 9.52. The molecule has 0 aliphatic carbocycles. The summed E-state index contributed by atoms with van der Waals surface area (Å²) in [6.45, 7) is 1.62. The third-order valence-electron chi connectivity index (χ3n) is 1.07. The van der Waals surface area contributed by atoms with Crippen molar-refractivity contribution in [2.24, 2.45) is 0 Å². The zero-order chi connectivity index (χ0) is 8.69. The van der Waals surface area contributed by atoms with E-state index in [9.17, 15) is 4.79 Å². The zero-order valence-corrected chi connectivity index (χ0v) is 6.42. The van der Waals surface area contributed by atoms with Crippen LogP contribution < -0.4 is 5.32 Å². The molecule has 0 fully saturated rings. The molecule has 1 atom stereocenters. The standard InChI is InChI=1S/C8H10N2O/c1-3-4-5-8(11)10-7(2)6-9/h1,7H,4-5H2,2H3,(H,10,11)/t7-/m0/s1. The molecule has 0 aromatic heterocycles. The van der Waals surface area contributed by atoms with Gasteiger partial charge in [0.25, 0.3) is 0 Å². The van der Waals surface area contributed by atoms with Crippen molar-refractivity contribution in [1.82, 2.24) is 5.32 Å². The number of nitriles is 1. The molecule has 3 nitrogen and oxygen atoms in total. The van der Waals surface area contributed by atoms with Crippen molar-refractivity contribution in [3.8, 4) is 18.4 Å². The van der Waals surface area contributed by atoms with E-state index >= 15 is 0 Å². The average molecular weight is 150 g/mol. The van der Waals surface area contributed by atoms with Crippen LogP contribution in [-0.2, 0) is 4.79 Å². The first-order valence-corrected chi connectivity index (χ1v) is 3.33. The highest BCUT2D eigenvalue weighted by Gasteiger charge is 2.03. The Hall–Kier alpha value is -1.48. The highest BCUT2D eigenvalue weighted by Crippen LogP contribution is 1.87. The number of rotatable bonds is 3. The van der Waals surface area contributed by atoms with Crippen LogP contribution in [0.2, 0.25) is 0 Å². The topological polar surface area (TPSA) is 52.9 Å². The molecule has 0 radical (unpaired) electrons. The Morgan fingerprint density at radius 2 is 2.45 bits per heavy atom. The molecule has 11 heavy (non-hydrogen) atoms. The molecule has 0 unspecified atom stereocenters. The third-order valence-corrected chi connectivity index (χ3v) is 1.07. The molecule has 0 bridgehead atoms. The van der Waals surface area contributed by atoms with E-state index in [-0.39, 0.29) is 5.91 Å². The number of nitrogens with one attached hydrogen (secondary N) is 1. The van der Waals surface area contributed by atoms with Crippen LogP contribution in [0.25, 0.3) is 0 Å². The van der Waals surface area contributed by atoms with Crippen LogP contribution in [0, 0.1) is 23.7 Å². The maximum atomic E-state index is 10.8. The molecule has 3 heteroatoms. The molecule has 0 heterocycles. The van der Waals surface area contributed by atoms with Crippen molar-refractivity contribution in [3.63, 3.8) is 0 Å². The van der Waals surface area contributed by atoms with Gasteiger partial charge >= 0.3 is 0 Å². The molecule has 0 aromatic carbocycles. The molecule has 58 valence electrons. The van der Waals surface area contributed by atoms with Gasteiger partial charge in [-0.25, -0.2) is 0 Å². The minimum atomic E-state index is -0.430. The van der Waals surface area contributed by atoms with Crippen LogP contribution in [-0.4, -0.2) is 11.9 Å². The van der Waals surface area contributed by atoms with E-state index in [2.05, 4.69) is 11.2 Å². The summed E-state index contributed by atoms with van der Waals surface area (Å²) in [4.78, 5) is 10.8. The minimum Gasteiger partial charge on any atom is -0.341 e. The second-order valence-corrected chi connectivity index (χ2v) is 2.12. The summed E-state index contributed by atoms with van der Waals surface area (Å²) in [6, 6.07) is 1.46. The maximum Gasteiger partial charge on any atom is 0.221 e. The fraction of sp³-hybridized carbons (Fsp3) is 0.500. The Morgan fingerprint density at radius 3 is 2.91 bits per heavy atom. The lowest BCUT2D eigenvalue weighted by Gasteiger charge is -2.03. The van der Waals surface area contributed by atoms with Crippen molar-refractivity contribution in [2.75, 3.05) is 0 Å². The number of nitrogens with zero attached hydrogens (tertiary/aromatic N) is 1. The number of carbonyl (C=O) groups excluding carboxylic acids is 1. The molecule has 0 rings (SSSR count). The summed E-state index contributed by atoms with van der Waals surface area (Å²) in [5, 5.41) is 10.8. The van der Waals surface area contributed by atoms with Gasteiger partial charge in [-0.15, -0.1) is 12.3 Å². The molecule has 0 saturated heterocycles. The monoisotopic (exact) mass is 150 g/mol. The van der Waals surface area contributed by atoms with E-state index < -0.39 is 6.04 Å². The Morgan fingerprint density at radius 1 is 1.82 bits per heavy atom. The molecular weight excluding hydrogens is 140 g/mol. The van der Waals surface area contributed by atoms with Crippen molar-refractivity contribution in [2.45, 2.75) is 25.8 Å². The summed E-state index contributed by atoms with van der Waals surface area (Å²) < 4.78 is 0. The molecule has 0 aliphatic heterocycles. The molecule has 0 saturated carbocycles. The molecular formula is C8H10N2O. The lowest BCUT2D eigenvalue weighted by Crippen LogP contribution is -2.30. The molecule has 0 aliphatic rings. The average Bonchev–Trinajstić information content (AvgIpc) is 2.00. The van der Waals surface area contributed by atoms with Gasteiger partial charge in [-0.2, -0.15) is 5.26 Å². The maximum absolute atomic E-state index is 10.8. The zero-order valence-electron chi connectivity index (χ0n) is 6.42. The van der Waals surface area contributed by atoms with Gasteiger partial charge in [0.1, 0.15) is 6.04 Å². The van der Waals surface area contributed by atoms with Crippen molar-refractivity contribution < 1.29 is 4.79 Å². The van der Waals surface area contributed by atoms with Crippen LogP contribution in [0.4, 0.5) is 0 Å². The van der Waals surface area contributed by atoms with Gasteiger partial charge in [-0.05, 0) is 6.92 Å². The van der Waals surface area contributed by atoms with E-state index in [1.165, 1.54) is 0 Å². The van der Waals surface area contributed by atoms with Gasteiger partial charge in [-0.3, -0.25) is 4.79 Å². The van der Waals surface area contributed by atoms with Crippen LogP contribution in [0.3, 0.4) is 0 Å². The second-order valence-electron chi connectivity index (χ2n) is 2.12. The highest BCUT2D eigenvalue weighted by molar-refractivity contribution is 5.76. The minimum absolute atomic E-state index is 0.169. The van der Waals surface area contributed by atoms with Crippen molar-refractivity contribution in [1.29, 1.82) is 5.26 Å². The Bertz CT molecular complexity index is 209. The molecule has 0 aromatic rings. The SMILES string of the molecule is C#CCCC(=O)N[C@@H](C)C#N. The van der Waals surface area contributed by atoms with Crippen LogP contribution in [0.1, 0.15) is 19.8 Å². The normalized spacial score (nSPS) is 10.8. The van der Waals surface area contributed by atoms with Gasteiger partial charge in [0, 0.05) is 12.8 Å². The number of hydrogen-bond acceptors (Lipinski definition) is 2. The number of amides is 1. The van der Waals surface area contributed by atoms with Gasteiger partial charge in [0.05, 0.1) is 6.07 Å². The van der Waals surface area contributed by atoms with Gasteiger partial charge in [0.15, 0.2) is 0 Å². The predicted octanol–water partition coefficient (Wildman–Crippen LogP) is 0.428. The van der Waals surface area contributed by atoms with Crippen LogP contribution in [0.5, 0.6) is 0 Å². The van der Waals surface area contributed by atoms with E-state index in [1.54, 1.807) is 6.92 Å². The van der Waals surface area contributed by atoms with Gasteiger partial charge < -0.3 is 5.32 Å². The summed E-state index contributed by atoms with van der Waals surface area (Å²) in [6.07, 6.45) is 5.66. The lowest BCUT2D eigenvalue weighted by molar-refractivity contribution is -0.121. The smallest absolute Gasteiger partial charge is 0.221 e. The van der Waals surface area contributed by atoms with Crippen LogP contribution in [0.15, 0.2) is 0 Å². The fourth-order valence-corrected chi connectivity index (χ4v) is 0.532. The Balaban J connectivity index is 3.56. The summed E-state index contributed by atoms with van der Waals surface area (Å²) in [5.41, 5.74) is 0. The predicted molar refractivity (Wildman–Crippen MR) is 41.3 cm³/mol. The second kappa shape index (κ2) is 5.32. The number of terminal acetylenes is 1. The van der Waals surface area contributed by atoms with Crippen molar-refractivity contribution in [3.05, 3.63) is 0 Å². The molecule has 1 amide bonds. The highest BCUT2D eigenvalue weighted by atomic mass is 16.1. The fourth-order valence-electron chi connectivity index (χ4n) is 0.532. The van der Waals surface area contributed by atoms with Gasteiger partial charge in [-0.1, -0.05) is 0 Å². The first-order chi connectivity index (χ1) is 5.20. The summed E-state index contributed by atoms with van der Waals surface area (Å²) >= 11 is 0. The number of carbonyl (C=O) groups is 1. The molecule has 0 spiro atoms. The summed E-state index contributed by atoms with van der Waals surface area (Å²) in [7, 11) is 0. The lowest BCUT2D eigenvalue weighted by atomic mass is 10.3. The van der Waals surface area contributed by atoms with E-state index in [4.69, 9.17) is 11.7 Å². The molecule has 1 N–H and O–H groups in total. The van der Waals surface area contributed by atoms with E-state index in [0.29, 0.717) is 12.8 Å². The number of hydrogen-bond donors (Lipinski definition) is 1. The largest absolute Gasteiger partial charge is 0.341 e. The Labute approximate surface area is 66.4 Å². The first-order valence-electron chi connectivity index (χ1n) is 3.33. The summed E-state index contributed by atoms with van der Waals surface area (Å²) in [5.74, 6) is 2.18. The van der Waals surface area contributed by atoms with Gasteiger partial charge in [0.2, 0.25) is 5.91 Å². The van der Waals surface area contributed by atoms with Crippen LogP contribution >= 0.6 is 0 Å². The quantitative estimate of drug-likeness (QED) is 0.593. The van der Waals surface area contributed by atoms with E-state index in [1.807, 2.05) is 6.07 Å². The van der Waals surface area contributed by atoms with E-state index in [0.717, 1.165) is 0 Å².